The van der Waals surface area contributed by atoms with E-state index in [0.29, 0.717) is 0 Å². The molecule has 0 saturated carbocycles. The molecular formula is C18H20O. The summed E-state index contributed by atoms with van der Waals surface area (Å²) < 4.78 is 5.78. The van der Waals surface area contributed by atoms with Gasteiger partial charge in [-0.3, -0.25) is 0 Å². The van der Waals surface area contributed by atoms with Crippen LogP contribution in [0.2, 0.25) is 0 Å². The molecule has 0 N–H and O–H groups in total. The van der Waals surface area contributed by atoms with Gasteiger partial charge in [0.25, 0.3) is 0 Å². The first kappa shape index (κ1) is 13.6. The lowest BCUT2D eigenvalue weighted by Gasteiger charge is -2.08. The van der Waals surface area contributed by atoms with Gasteiger partial charge in [0.05, 0.1) is 12.7 Å². The van der Waals surface area contributed by atoms with Crippen molar-refractivity contribution in [2.75, 3.05) is 6.61 Å². The predicted molar refractivity (Wildman–Crippen MR) is 81.0 cm³/mol. The zero-order valence-corrected chi connectivity index (χ0v) is 11.3. The number of rotatable bonds is 6. The smallest absolute Gasteiger partial charge is 0.0731 e. The molecule has 1 unspecified atom stereocenters. The molecule has 0 aliphatic carbocycles. The van der Waals surface area contributed by atoms with Crippen LogP contribution in [0.1, 0.15) is 18.1 Å². The van der Waals surface area contributed by atoms with Gasteiger partial charge in [0, 0.05) is 0 Å². The molecule has 2 aromatic carbocycles. The normalized spacial score (nSPS) is 12.7. The van der Waals surface area contributed by atoms with Gasteiger partial charge in [0.1, 0.15) is 0 Å². The molecule has 1 heteroatoms. The molecule has 0 heterocycles. The highest BCUT2D eigenvalue weighted by Gasteiger charge is 1.97. The molecule has 2 aromatic rings. The second kappa shape index (κ2) is 7.55. The standard InChI is InChI=1S/C18H20O/c1-16(12-13-17-8-4-2-5-9-17)19-15-14-18-10-6-3-7-11-18/h2-13,16H,14-15H2,1H3. The SMILES string of the molecule is CC(C=Cc1ccccc1)OCCc1ccccc1. The van der Waals surface area contributed by atoms with Gasteiger partial charge in [-0.15, -0.1) is 0 Å². The summed E-state index contributed by atoms with van der Waals surface area (Å²) in [6, 6.07) is 20.7. The summed E-state index contributed by atoms with van der Waals surface area (Å²) in [5.74, 6) is 0. The Morgan fingerprint density at radius 2 is 1.58 bits per heavy atom. The maximum Gasteiger partial charge on any atom is 0.0731 e. The first-order valence-electron chi connectivity index (χ1n) is 6.73. The minimum atomic E-state index is 0.143. The van der Waals surface area contributed by atoms with Gasteiger partial charge >= 0.3 is 0 Å². The Morgan fingerprint density at radius 3 is 2.26 bits per heavy atom. The number of benzene rings is 2. The number of hydrogen-bond acceptors (Lipinski definition) is 1. The fraction of sp³-hybridized carbons (Fsp3) is 0.222. The Labute approximate surface area is 115 Å². The molecule has 0 aromatic heterocycles. The van der Waals surface area contributed by atoms with Crippen LogP contribution in [-0.4, -0.2) is 12.7 Å². The largest absolute Gasteiger partial charge is 0.374 e. The van der Waals surface area contributed by atoms with E-state index >= 15 is 0 Å². The Bertz CT molecular complexity index is 488. The van der Waals surface area contributed by atoms with Gasteiger partial charge in [-0.05, 0) is 24.5 Å². The minimum Gasteiger partial charge on any atom is -0.374 e. The summed E-state index contributed by atoms with van der Waals surface area (Å²) in [6.07, 6.45) is 5.31. The van der Waals surface area contributed by atoms with Crippen LogP contribution in [-0.2, 0) is 11.2 Å². The summed E-state index contributed by atoms with van der Waals surface area (Å²) in [6.45, 7) is 2.83. The van der Waals surface area contributed by atoms with Crippen molar-refractivity contribution >= 4 is 6.08 Å². The average molecular weight is 252 g/mol. The molecule has 0 saturated heterocycles. The second-order valence-electron chi connectivity index (χ2n) is 4.58. The van der Waals surface area contributed by atoms with E-state index in [4.69, 9.17) is 4.74 Å². The first-order chi connectivity index (χ1) is 9.34. The highest BCUT2D eigenvalue weighted by Crippen LogP contribution is 2.05. The van der Waals surface area contributed by atoms with Gasteiger partial charge < -0.3 is 4.74 Å². The van der Waals surface area contributed by atoms with Crippen molar-refractivity contribution in [2.24, 2.45) is 0 Å². The Kier molecular flexibility index (Phi) is 5.39. The lowest BCUT2D eigenvalue weighted by molar-refractivity contribution is 0.101. The molecular weight excluding hydrogens is 232 g/mol. The van der Waals surface area contributed by atoms with Crippen LogP contribution in [0.3, 0.4) is 0 Å². The molecule has 19 heavy (non-hydrogen) atoms. The molecule has 0 bridgehead atoms. The quantitative estimate of drug-likeness (QED) is 0.742. The molecule has 1 atom stereocenters. The maximum atomic E-state index is 5.78. The number of hydrogen-bond donors (Lipinski definition) is 0. The van der Waals surface area contributed by atoms with E-state index in [2.05, 4.69) is 55.5 Å². The molecule has 0 spiro atoms. The van der Waals surface area contributed by atoms with Gasteiger partial charge in [0.2, 0.25) is 0 Å². The van der Waals surface area contributed by atoms with Crippen LogP contribution in [0.15, 0.2) is 66.7 Å². The topological polar surface area (TPSA) is 9.23 Å². The molecule has 0 radical (unpaired) electrons. The lowest BCUT2D eigenvalue weighted by Crippen LogP contribution is -2.07. The van der Waals surface area contributed by atoms with E-state index < -0.39 is 0 Å². The first-order valence-corrected chi connectivity index (χ1v) is 6.73. The summed E-state index contributed by atoms with van der Waals surface area (Å²) in [5, 5.41) is 0. The third-order valence-electron chi connectivity index (χ3n) is 2.97. The Morgan fingerprint density at radius 1 is 0.947 bits per heavy atom. The van der Waals surface area contributed by atoms with Crippen LogP contribution < -0.4 is 0 Å². The molecule has 98 valence electrons. The lowest BCUT2D eigenvalue weighted by atomic mass is 10.2. The van der Waals surface area contributed by atoms with Gasteiger partial charge in [-0.2, -0.15) is 0 Å². The third kappa shape index (κ3) is 5.11. The summed E-state index contributed by atoms with van der Waals surface area (Å²) in [5.41, 5.74) is 2.53. The van der Waals surface area contributed by atoms with E-state index in [9.17, 15) is 0 Å². The van der Waals surface area contributed by atoms with Crippen LogP contribution >= 0.6 is 0 Å². The van der Waals surface area contributed by atoms with E-state index in [1.807, 2.05) is 24.3 Å². The summed E-state index contributed by atoms with van der Waals surface area (Å²) >= 11 is 0. The van der Waals surface area contributed by atoms with Crippen LogP contribution in [0, 0.1) is 0 Å². The van der Waals surface area contributed by atoms with Crippen molar-refractivity contribution in [3.8, 4) is 0 Å². The van der Waals surface area contributed by atoms with Crippen LogP contribution in [0.25, 0.3) is 6.08 Å². The van der Waals surface area contributed by atoms with Crippen molar-refractivity contribution in [1.82, 2.24) is 0 Å². The molecule has 0 fully saturated rings. The van der Waals surface area contributed by atoms with E-state index in [1.54, 1.807) is 0 Å². The summed E-state index contributed by atoms with van der Waals surface area (Å²) in [7, 11) is 0. The molecule has 0 amide bonds. The zero-order chi connectivity index (χ0) is 13.3. The van der Waals surface area contributed by atoms with Crippen LogP contribution in [0.4, 0.5) is 0 Å². The highest BCUT2D eigenvalue weighted by molar-refractivity contribution is 5.49. The fourth-order valence-corrected chi connectivity index (χ4v) is 1.87. The van der Waals surface area contributed by atoms with Gasteiger partial charge in [-0.25, -0.2) is 0 Å². The van der Waals surface area contributed by atoms with Gasteiger partial charge in [0.15, 0.2) is 0 Å². The van der Waals surface area contributed by atoms with Crippen molar-refractivity contribution in [3.63, 3.8) is 0 Å². The van der Waals surface area contributed by atoms with Crippen molar-refractivity contribution in [2.45, 2.75) is 19.4 Å². The minimum absolute atomic E-state index is 0.143. The van der Waals surface area contributed by atoms with Gasteiger partial charge in [-0.1, -0.05) is 72.8 Å². The van der Waals surface area contributed by atoms with Crippen molar-refractivity contribution in [3.05, 3.63) is 77.9 Å². The van der Waals surface area contributed by atoms with E-state index in [1.165, 1.54) is 11.1 Å². The molecule has 0 aliphatic heterocycles. The molecule has 1 nitrogen and oxygen atoms in total. The Balaban J connectivity index is 1.73. The molecule has 2 rings (SSSR count). The van der Waals surface area contributed by atoms with Crippen LogP contribution in [0.5, 0.6) is 0 Å². The third-order valence-corrected chi connectivity index (χ3v) is 2.97. The zero-order valence-electron chi connectivity index (χ0n) is 11.3. The van der Waals surface area contributed by atoms with Crippen molar-refractivity contribution < 1.29 is 4.74 Å². The predicted octanol–water partition coefficient (Wildman–Crippen LogP) is 4.35. The molecule has 0 aliphatic rings. The maximum absolute atomic E-state index is 5.78. The number of ether oxygens (including phenoxy) is 1. The monoisotopic (exact) mass is 252 g/mol. The Hall–Kier alpha value is -1.86. The fourth-order valence-electron chi connectivity index (χ4n) is 1.87. The average Bonchev–Trinajstić information content (AvgIpc) is 2.47. The van der Waals surface area contributed by atoms with E-state index in [-0.39, 0.29) is 6.10 Å². The summed E-state index contributed by atoms with van der Waals surface area (Å²) in [4.78, 5) is 0. The highest BCUT2D eigenvalue weighted by atomic mass is 16.5. The van der Waals surface area contributed by atoms with E-state index in [0.717, 1.165) is 13.0 Å². The second-order valence-corrected chi connectivity index (χ2v) is 4.58. The van der Waals surface area contributed by atoms with Crippen molar-refractivity contribution in [1.29, 1.82) is 0 Å².